The van der Waals surface area contributed by atoms with Crippen LogP contribution >= 0.6 is 15.9 Å². The van der Waals surface area contributed by atoms with Crippen molar-refractivity contribution in [3.8, 4) is 23.1 Å². The van der Waals surface area contributed by atoms with Gasteiger partial charge in [0.05, 0.1) is 10.0 Å². The van der Waals surface area contributed by atoms with Gasteiger partial charge >= 0.3 is 0 Å². The molecule has 0 saturated carbocycles. The number of nitrogens with one attached hydrogen (secondary N) is 1. The lowest BCUT2D eigenvalue weighted by molar-refractivity contribution is 0.110. The van der Waals surface area contributed by atoms with E-state index in [0.29, 0.717) is 23.9 Å². The van der Waals surface area contributed by atoms with E-state index in [0.717, 1.165) is 24.9 Å². The molecule has 0 unspecified atom stereocenters. The molecular weight excluding hydrogens is 454 g/mol. The molecule has 30 heavy (non-hydrogen) atoms. The number of aromatic amines is 1. The van der Waals surface area contributed by atoms with Gasteiger partial charge in [-0.2, -0.15) is 5.26 Å². The molecule has 2 aromatic heterocycles. The predicted octanol–water partition coefficient (Wildman–Crippen LogP) is 4.96. The molecule has 0 radical (unpaired) electrons. The molecule has 1 N–H and O–H groups in total. The molecule has 0 amide bonds. The van der Waals surface area contributed by atoms with Gasteiger partial charge in [0.15, 0.2) is 5.82 Å². The minimum absolute atomic E-state index is 0.0849. The second-order valence-electron chi connectivity index (χ2n) is 8.00. The molecule has 0 aliphatic carbocycles. The number of rotatable bonds is 4. The summed E-state index contributed by atoms with van der Waals surface area (Å²) in [6.07, 6.45) is 4.86. The van der Waals surface area contributed by atoms with Gasteiger partial charge < -0.3 is 9.72 Å². The zero-order valence-electron chi connectivity index (χ0n) is 16.1. The van der Waals surface area contributed by atoms with Gasteiger partial charge in [0.1, 0.15) is 29.9 Å². The molecule has 1 aromatic carbocycles. The quantitative estimate of drug-likeness (QED) is 0.582. The highest BCUT2D eigenvalue weighted by Crippen LogP contribution is 2.42. The van der Waals surface area contributed by atoms with E-state index in [1.807, 2.05) is 6.07 Å². The van der Waals surface area contributed by atoms with E-state index in [1.54, 1.807) is 24.5 Å². The van der Waals surface area contributed by atoms with Gasteiger partial charge in [-0.3, -0.25) is 4.90 Å². The number of H-pyrrole nitrogens is 1. The van der Waals surface area contributed by atoms with E-state index in [9.17, 15) is 14.0 Å². The first-order valence-corrected chi connectivity index (χ1v) is 10.7. The number of nitrogens with zero attached hydrogens (tertiary/aromatic N) is 3. The third-order valence-electron chi connectivity index (χ3n) is 6.25. The minimum Gasteiger partial charge on any atom is -0.475 e. The standard InChI is InChI=1S/C22H19BrF2N4O/c23-17-3-2-15-18(13-4-6-27-10-13)16(9-26)21(28-20(15)19(17)25)30-12-22-5-1-7-29(22)11-14(24)8-22/h2-4,6,10,14,27H,1,5,7-8,11-12H2/t14-,22+/m1/s1. The summed E-state index contributed by atoms with van der Waals surface area (Å²) >= 11 is 3.21. The first-order chi connectivity index (χ1) is 14.5. The van der Waals surface area contributed by atoms with Gasteiger partial charge in [0.25, 0.3) is 0 Å². The van der Waals surface area contributed by atoms with Crippen molar-refractivity contribution in [2.24, 2.45) is 0 Å². The third kappa shape index (κ3) is 2.99. The van der Waals surface area contributed by atoms with Crippen LogP contribution in [0.15, 0.2) is 35.1 Å². The number of hydrogen-bond donors (Lipinski definition) is 1. The van der Waals surface area contributed by atoms with Crippen LogP contribution in [0.1, 0.15) is 24.8 Å². The number of hydrogen-bond acceptors (Lipinski definition) is 4. The maximum absolute atomic E-state index is 14.9. The Labute approximate surface area is 180 Å². The van der Waals surface area contributed by atoms with Crippen molar-refractivity contribution >= 4 is 26.8 Å². The average molecular weight is 473 g/mol. The van der Waals surface area contributed by atoms with Gasteiger partial charge in [0, 0.05) is 41.9 Å². The molecule has 5 nitrogen and oxygen atoms in total. The summed E-state index contributed by atoms with van der Waals surface area (Å²) in [6.45, 7) is 1.48. The lowest BCUT2D eigenvalue weighted by atomic mass is 9.94. The largest absolute Gasteiger partial charge is 0.475 e. The normalized spacial score (nSPS) is 23.6. The molecule has 2 atom stereocenters. The Morgan fingerprint density at radius 2 is 2.27 bits per heavy atom. The highest BCUT2D eigenvalue weighted by atomic mass is 79.9. The Kier molecular flexibility index (Phi) is 4.75. The van der Waals surface area contributed by atoms with Gasteiger partial charge in [0.2, 0.25) is 5.88 Å². The van der Waals surface area contributed by atoms with Gasteiger partial charge in [-0.05, 0) is 47.4 Å². The Bertz CT molecular complexity index is 1160. The number of benzene rings is 1. The van der Waals surface area contributed by atoms with E-state index in [4.69, 9.17) is 4.74 Å². The molecule has 8 heteroatoms. The number of aromatic nitrogens is 2. The SMILES string of the molecule is N#Cc1c(OC[C@@]23CCCN2C[C@H](F)C3)nc2c(F)c(Br)ccc2c1-c1cc[nH]c1. The summed E-state index contributed by atoms with van der Waals surface area (Å²) in [7, 11) is 0. The second kappa shape index (κ2) is 7.33. The van der Waals surface area contributed by atoms with Crippen LogP contribution in [0, 0.1) is 17.1 Å². The molecule has 154 valence electrons. The maximum atomic E-state index is 14.9. The Balaban J connectivity index is 1.63. The van der Waals surface area contributed by atoms with Crippen LogP contribution in [0.2, 0.25) is 0 Å². The number of pyridine rings is 1. The zero-order valence-corrected chi connectivity index (χ0v) is 17.7. The van der Waals surface area contributed by atoms with E-state index in [2.05, 4.69) is 36.9 Å². The average Bonchev–Trinajstić information content (AvgIpc) is 3.44. The van der Waals surface area contributed by atoms with Crippen LogP contribution in [0.25, 0.3) is 22.0 Å². The molecule has 3 aromatic rings. The second-order valence-corrected chi connectivity index (χ2v) is 8.85. The number of alkyl halides is 1. The molecule has 5 rings (SSSR count). The third-order valence-corrected chi connectivity index (χ3v) is 6.86. The molecule has 4 heterocycles. The van der Waals surface area contributed by atoms with Crippen molar-refractivity contribution in [3.63, 3.8) is 0 Å². The summed E-state index contributed by atoms with van der Waals surface area (Å²) < 4.78 is 35.4. The van der Waals surface area contributed by atoms with Crippen molar-refractivity contribution in [3.05, 3.63) is 46.4 Å². The van der Waals surface area contributed by atoms with Gasteiger partial charge in [-0.1, -0.05) is 6.07 Å². The molecule has 2 saturated heterocycles. The minimum atomic E-state index is -0.877. The van der Waals surface area contributed by atoms with Crippen LogP contribution in [-0.4, -0.2) is 46.3 Å². The monoisotopic (exact) mass is 472 g/mol. The fourth-order valence-corrected chi connectivity index (χ4v) is 5.21. The molecule has 2 aliphatic rings. The number of ether oxygens (including phenoxy) is 1. The lowest BCUT2D eigenvalue weighted by Crippen LogP contribution is -2.43. The summed E-state index contributed by atoms with van der Waals surface area (Å²) in [6, 6.07) is 7.36. The maximum Gasteiger partial charge on any atom is 0.233 e. The van der Waals surface area contributed by atoms with Crippen LogP contribution < -0.4 is 4.74 Å². The number of fused-ring (bicyclic) bond motifs is 2. The van der Waals surface area contributed by atoms with Crippen molar-refractivity contribution in [2.75, 3.05) is 19.7 Å². The summed E-state index contributed by atoms with van der Waals surface area (Å²) in [4.78, 5) is 9.51. The van der Waals surface area contributed by atoms with Crippen LogP contribution in [0.3, 0.4) is 0 Å². The first-order valence-electron chi connectivity index (χ1n) is 9.89. The molecule has 2 aliphatic heterocycles. The number of halogens is 3. The first kappa shape index (κ1) is 19.5. The van der Waals surface area contributed by atoms with Gasteiger partial charge in [-0.15, -0.1) is 0 Å². The smallest absolute Gasteiger partial charge is 0.233 e. The van der Waals surface area contributed by atoms with Crippen LogP contribution in [-0.2, 0) is 0 Å². The molecular formula is C22H19BrF2N4O. The van der Waals surface area contributed by atoms with Crippen LogP contribution in [0.5, 0.6) is 5.88 Å². The fourth-order valence-electron chi connectivity index (χ4n) is 4.89. The molecule has 0 spiro atoms. The highest BCUT2D eigenvalue weighted by molar-refractivity contribution is 9.10. The van der Waals surface area contributed by atoms with E-state index < -0.39 is 12.0 Å². The van der Waals surface area contributed by atoms with E-state index >= 15 is 0 Å². The van der Waals surface area contributed by atoms with E-state index in [1.165, 1.54) is 0 Å². The van der Waals surface area contributed by atoms with Crippen molar-refractivity contribution in [2.45, 2.75) is 31.0 Å². The topological polar surface area (TPSA) is 64.9 Å². The summed E-state index contributed by atoms with van der Waals surface area (Å²) in [5.74, 6) is -0.425. The Hall–Kier alpha value is -2.50. The van der Waals surface area contributed by atoms with E-state index in [-0.39, 0.29) is 33.6 Å². The van der Waals surface area contributed by atoms with Crippen molar-refractivity contribution < 1.29 is 13.5 Å². The molecule has 0 bridgehead atoms. The van der Waals surface area contributed by atoms with Gasteiger partial charge in [-0.25, -0.2) is 13.8 Å². The fraction of sp³-hybridized carbons (Fsp3) is 0.364. The Morgan fingerprint density at radius 1 is 1.40 bits per heavy atom. The Morgan fingerprint density at radius 3 is 3.03 bits per heavy atom. The molecule has 2 fully saturated rings. The predicted molar refractivity (Wildman–Crippen MR) is 112 cm³/mol. The van der Waals surface area contributed by atoms with Crippen LogP contribution in [0.4, 0.5) is 8.78 Å². The zero-order chi connectivity index (χ0) is 20.9. The highest BCUT2D eigenvalue weighted by Gasteiger charge is 2.49. The van der Waals surface area contributed by atoms with Crippen molar-refractivity contribution in [1.82, 2.24) is 14.9 Å². The summed E-state index contributed by atoms with van der Waals surface area (Å²) in [5, 5.41) is 10.5. The lowest BCUT2D eigenvalue weighted by Gasteiger charge is -2.31. The summed E-state index contributed by atoms with van der Waals surface area (Å²) in [5.41, 5.74) is 1.31. The number of nitriles is 1. The van der Waals surface area contributed by atoms with Crippen molar-refractivity contribution in [1.29, 1.82) is 5.26 Å².